The van der Waals surface area contributed by atoms with Gasteiger partial charge in [0.1, 0.15) is 11.6 Å². The summed E-state index contributed by atoms with van der Waals surface area (Å²) in [7, 11) is 1.78. The second kappa shape index (κ2) is 5.66. The quantitative estimate of drug-likeness (QED) is 0.799. The van der Waals surface area contributed by atoms with Gasteiger partial charge in [0.25, 0.3) is 0 Å². The molecule has 21 heavy (non-hydrogen) atoms. The van der Waals surface area contributed by atoms with E-state index in [1.807, 2.05) is 30.3 Å². The van der Waals surface area contributed by atoms with Gasteiger partial charge < -0.3 is 5.32 Å². The SMILES string of the molecule is CNc1cc(-c2cncc(F)c2)nc(-c2ccccc2)n1. The lowest BCUT2D eigenvalue weighted by Gasteiger charge is -2.08. The van der Waals surface area contributed by atoms with Gasteiger partial charge in [-0.05, 0) is 6.07 Å². The van der Waals surface area contributed by atoms with Gasteiger partial charge >= 0.3 is 0 Å². The van der Waals surface area contributed by atoms with Crippen molar-refractivity contribution in [3.05, 3.63) is 60.7 Å². The minimum absolute atomic E-state index is 0.390. The van der Waals surface area contributed by atoms with E-state index >= 15 is 0 Å². The summed E-state index contributed by atoms with van der Waals surface area (Å²) in [5, 5.41) is 3.00. The summed E-state index contributed by atoms with van der Waals surface area (Å²) >= 11 is 0. The standard InChI is InChI=1S/C16H13FN4/c1-18-15-8-14(12-7-13(17)10-19-9-12)20-16(21-15)11-5-3-2-4-6-11/h2-10H,1H3,(H,18,20,21). The topological polar surface area (TPSA) is 50.7 Å². The number of aromatic nitrogens is 3. The molecule has 104 valence electrons. The molecule has 0 spiro atoms. The van der Waals surface area contributed by atoms with Crippen molar-refractivity contribution < 1.29 is 4.39 Å². The van der Waals surface area contributed by atoms with Crippen LogP contribution in [0, 0.1) is 5.82 Å². The summed E-state index contributed by atoms with van der Waals surface area (Å²) in [6, 6.07) is 12.8. The minimum Gasteiger partial charge on any atom is -0.373 e. The highest BCUT2D eigenvalue weighted by molar-refractivity contribution is 5.66. The number of halogens is 1. The Hall–Kier alpha value is -2.82. The molecule has 4 nitrogen and oxygen atoms in total. The van der Waals surface area contributed by atoms with Gasteiger partial charge in [-0.1, -0.05) is 30.3 Å². The normalized spacial score (nSPS) is 10.4. The summed E-state index contributed by atoms with van der Waals surface area (Å²) in [4.78, 5) is 12.8. The monoisotopic (exact) mass is 280 g/mol. The zero-order valence-corrected chi connectivity index (χ0v) is 11.4. The molecular weight excluding hydrogens is 267 g/mol. The van der Waals surface area contributed by atoms with Gasteiger partial charge in [0.2, 0.25) is 0 Å². The van der Waals surface area contributed by atoms with Crippen molar-refractivity contribution in [3.8, 4) is 22.6 Å². The Labute approximate surface area is 121 Å². The molecular formula is C16H13FN4. The lowest BCUT2D eigenvalue weighted by atomic mass is 10.1. The summed E-state index contributed by atoms with van der Waals surface area (Å²) in [6.07, 6.45) is 2.75. The number of anilines is 1. The number of hydrogen-bond donors (Lipinski definition) is 1. The van der Waals surface area contributed by atoms with E-state index < -0.39 is 5.82 Å². The van der Waals surface area contributed by atoms with E-state index in [1.54, 1.807) is 19.3 Å². The Bertz CT molecular complexity index is 759. The lowest BCUT2D eigenvalue weighted by molar-refractivity contribution is 0.622. The molecule has 0 aliphatic rings. The summed E-state index contributed by atoms with van der Waals surface area (Å²) in [5.74, 6) is 0.864. The van der Waals surface area contributed by atoms with Crippen LogP contribution in [0.3, 0.4) is 0 Å². The highest BCUT2D eigenvalue weighted by Gasteiger charge is 2.08. The smallest absolute Gasteiger partial charge is 0.162 e. The highest BCUT2D eigenvalue weighted by Crippen LogP contribution is 2.24. The third-order valence-electron chi connectivity index (χ3n) is 3.01. The summed E-state index contributed by atoms with van der Waals surface area (Å²) in [5.41, 5.74) is 2.14. The molecule has 3 rings (SSSR count). The van der Waals surface area contributed by atoms with Crippen molar-refractivity contribution in [2.45, 2.75) is 0 Å². The van der Waals surface area contributed by atoms with Crippen LogP contribution in [-0.2, 0) is 0 Å². The zero-order chi connectivity index (χ0) is 14.7. The van der Waals surface area contributed by atoms with E-state index in [1.165, 1.54) is 12.3 Å². The maximum absolute atomic E-state index is 13.3. The van der Waals surface area contributed by atoms with Gasteiger partial charge in [0.15, 0.2) is 5.82 Å². The van der Waals surface area contributed by atoms with Crippen LogP contribution in [0.4, 0.5) is 10.2 Å². The number of nitrogens with one attached hydrogen (secondary N) is 1. The highest BCUT2D eigenvalue weighted by atomic mass is 19.1. The molecule has 0 saturated carbocycles. The second-order valence-electron chi connectivity index (χ2n) is 4.47. The second-order valence-corrected chi connectivity index (χ2v) is 4.47. The van der Waals surface area contributed by atoms with Crippen LogP contribution < -0.4 is 5.32 Å². The molecule has 0 amide bonds. The molecule has 0 radical (unpaired) electrons. The molecule has 1 aromatic carbocycles. The Kier molecular flexibility index (Phi) is 3.55. The molecule has 0 fully saturated rings. The van der Waals surface area contributed by atoms with Gasteiger partial charge in [-0.25, -0.2) is 14.4 Å². The molecule has 0 aliphatic heterocycles. The fourth-order valence-electron chi connectivity index (χ4n) is 1.99. The first-order valence-electron chi connectivity index (χ1n) is 6.49. The van der Waals surface area contributed by atoms with Gasteiger partial charge in [0.05, 0.1) is 11.9 Å². The van der Waals surface area contributed by atoms with E-state index in [0.717, 1.165) is 5.56 Å². The molecule has 0 bridgehead atoms. The van der Waals surface area contributed by atoms with E-state index in [9.17, 15) is 4.39 Å². The Morgan fingerprint density at radius 2 is 1.76 bits per heavy atom. The number of pyridine rings is 1. The van der Waals surface area contributed by atoms with Crippen molar-refractivity contribution >= 4 is 5.82 Å². The van der Waals surface area contributed by atoms with Crippen LogP contribution in [0.5, 0.6) is 0 Å². The van der Waals surface area contributed by atoms with Crippen LogP contribution in [-0.4, -0.2) is 22.0 Å². The van der Waals surface area contributed by atoms with E-state index in [2.05, 4.69) is 20.3 Å². The van der Waals surface area contributed by atoms with Crippen LogP contribution >= 0.6 is 0 Å². The van der Waals surface area contributed by atoms with Gasteiger partial charge in [-0.15, -0.1) is 0 Å². The molecule has 5 heteroatoms. The fraction of sp³-hybridized carbons (Fsp3) is 0.0625. The number of nitrogens with zero attached hydrogens (tertiary/aromatic N) is 3. The van der Waals surface area contributed by atoms with Gasteiger partial charge in [-0.2, -0.15) is 0 Å². The van der Waals surface area contributed by atoms with Crippen LogP contribution in [0.1, 0.15) is 0 Å². The molecule has 3 aromatic rings. The summed E-state index contributed by atoms with van der Waals surface area (Å²) < 4.78 is 13.3. The first-order chi connectivity index (χ1) is 10.3. The van der Waals surface area contributed by atoms with Crippen molar-refractivity contribution in [2.24, 2.45) is 0 Å². The average molecular weight is 280 g/mol. The zero-order valence-electron chi connectivity index (χ0n) is 11.4. The van der Waals surface area contributed by atoms with Gasteiger partial charge in [-0.3, -0.25) is 4.98 Å². The fourth-order valence-corrected chi connectivity index (χ4v) is 1.99. The predicted molar refractivity (Wildman–Crippen MR) is 80.2 cm³/mol. The molecule has 2 aromatic heterocycles. The average Bonchev–Trinajstić information content (AvgIpc) is 2.55. The molecule has 1 N–H and O–H groups in total. The van der Waals surface area contributed by atoms with Crippen molar-refractivity contribution in [1.29, 1.82) is 0 Å². The summed E-state index contributed by atoms with van der Waals surface area (Å²) in [6.45, 7) is 0. The number of benzene rings is 1. The number of hydrogen-bond acceptors (Lipinski definition) is 4. The Morgan fingerprint density at radius 1 is 0.952 bits per heavy atom. The third-order valence-corrected chi connectivity index (χ3v) is 3.01. The predicted octanol–water partition coefficient (Wildman–Crippen LogP) is 3.39. The molecule has 0 atom stereocenters. The molecule has 2 heterocycles. The van der Waals surface area contributed by atoms with Crippen LogP contribution in [0.15, 0.2) is 54.9 Å². The maximum atomic E-state index is 13.3. The third kappa shape index (κ3) is 2.86. The first-order valence-corrected chi connectivity index (χ1v) is 6.49. The van der Waals surface area contributed by atoms with Crippen LogP contribution in [0.25, 0.3) is 22.6 Å². The maximum Gasteiger partial charge on any atom is 0.162 e. The van der Waals surface area contributed by atoms with E-state index in [-0.39, 0.29) is 0 Å². The van der Waals surface area contributed by atoms with E-state index in [4.69, 9.17) is 0 Å². The largest absolute Gasteiger partial charge is 0.373 e. The van der Waals surface area contributed by atoms with Crippen LogP contribution in [0.2, 0.25) is 0 Å². The van der Waals surface area contributed by atoms with E-state index in [0.29, 0.717) is 22.9 Å². The Balaban J connectivity index is 2.14. The molecule has 0 unspecified atom stereocenters. The van der Waals surface area contributed by atoms with Crippen molar-refractivity contribution in [1.82, 2.24) is 15.0 Å². The minimum atomic E-state index is -0.390. The number of rotatable bonds is 3. The Morgan fingerprint density at radius 3 is 2.48 bits per heavy atom. The first kappa shape index (κ1) is 13.2. The molecule has 0 aliphatic carbocycles. The molecule has 0 saturated heterocycles. The lowest BCUT2D eigenvalue weighted by Crippen LogP contribution is -1.99. The van der Waals surface area contributed by atoms with Crippen molar-refractivity contribution in [3.63, 3.8) is 0 Å². The van der Waals surface area contributed by atoms with Gasteiger partial charge in [0, 0.05) is 30.4 Å². The van der Waals surface area contributed by atoms with Crippen molar-refractivity contribution in [2.75, 3.05) is 12.4 Å².